The Morgan fingerprint density at radius 2 is 2.58 bits per heavy atom. The Labute approximate surface area is 70.9 Å². The van der Waals surface area contributed by atoms with E-state index < -0.39 is 0 Å². The van der Waals surface area contributed by atoms with Gasteiger partial charge in [-0.3, -0.25) is 5.41 Å². The van der Waals surface area contributed by atoms with Crippen LogP contribution in [-0.4, -0.2) is 15.4 Å². The Balaban J connectivity index is 2.20. The number of hydrogen-bond donors (Lipinski definition) is 2. The Kier molecular flexibility index (Phi) is 1.60. The lowest BCUT2D eigenvalue weighted by molar-refractivity contribution is 0.448. The van der Waals surface area contributed by atoms with Gasteiger partial charge < -0.3 is 10.3 Å². The van der Waals surface area contributed by atoms with Crippen molar-refractivity contribution in [2.45, 2.75) is 19.4 Å². The Bertz CT molecular complexity index is 302. The standard InChI is InChI=1S/C8H12N4/c9-8(10)6-1-2-7-11-3-4-12(7)5-6/h3-4,6H,1-2,5H2,(H3,9,10). The van der Waals surface area contributed by atoms with Crippen LogP contribution in [0.3, 0.4) is 0 Å². The van der Waals surface area contributed by atoms with Crippen LogP contribution in [0.4, 0.5) is 0 Å². The number of nitrogens with zero attached hydrogens (tertiary/aromatic N) is 2. The normalized spacial score (nSPS) is 21.8. The highest BCUT2D eigenvalue weighted by Crippen LogP contribution is 2.17. The van der Waals surface area contributed by atoms with Crippen LogP contribution < -0.4 is 5.73 Å². The first-order valence-electron chi connectivity index (χ1n) is 4.11. The SMILES string of the molecule is N=C(N)C1CCc2nccn2C1. The molecule has 1 aromatic heterocycles. The Hall–Kier alpha value is -1.32. The summed E-state index contributed by atoms with van der Waals surface area (Å²) in [6, 6.07) is 0. The van der Waals surface area contributed by atoms with Crippen molar-refractivity contribution in [3.63, 3.8) is 0 Å². The van der Waals surface area contributed by atoms with Crippen molar-refractivity contribution >= 4 is 5.84 Å². The van der Waals surface area contributed by atoms with Gasteiger partial charge in [0, 0.05) is 31.3 Å². The lowest BCUT2D eigenvalue weighted by atomic mass is 9.99. The van der Waals surface area contributed by atoms with Gasteiger partial charge in [-0.25, -0.2) is 4.98 Å². The molecule has 12 heavy (non-hydrogen) atoms. The molecule has 4 heteroatoms. The number of aryl methyl sites for hydroxylation is 1. The van der Waals surface area contributed by atoms with Crippen LogP contribution in [-0.2, 0) is 13.0 Å². The molecular weight excluding hydrogens is 152 g/mol. The van der Waals surface area contributed by atoms with E-state index >= 15 is 0 Å². The van der Waals surface area contributed by atoms with Crippen LogP contribution in [0, 0.1) is 11.3 Å². The van der Waals surface area contributed by atoms with Crippen molar-refractivity contribution in [1.29, 1.82) is 5.41 Å². The molecule has 1 unspecified atom stereocenters. The summed E-state index contributed by atoms with van der Waals surface area (Å²) < 4.78 is 2.08. The predicted molar refractivity (Wildman–Crippen MR) is 46.0 cm³/mol. The van der Waals surface area contributed by atoms with E-state index in [0.717, 1.165) is 25.2 Å². The van der Waals surface area contributed by atoms with Crippen LogP contribution in [0.15, 0.2) is 12.4 Å². The first kappa shape index (κ1) is 7.34. The molecule has 4 nitrogen and oxygen atoms in total. The second-order valence-electron chi connectivity index (χ2n) is 3.19. The molecule has 2 rings (SSSR count). The summed E-state index contributed by atoms with van der Waals surface area (Å²) in [7, 11) is 0. The Morgan fingerprint density at radius 3 is 3.33 bits per heavy atom. The van der Waals surface area contributed by atoms with E-state index in [9.17, 15) is 0 Å². The van der Waals surface area contributed by atoms with Gasteiger partial charge in [-0.15, -0.1) is 0 Å². The van der Waals surface area contributed by atoms with E-state index in [4.69, 9.17) is 11.1 Å². The van der Waals surface area contributed by atoms with Gasteiger partial charge in [0.25, 0.3) is 0 Å². The zero-order valence-electron chi connectivity index (χ0n) is 6.83. The van der Waals surface area contributed by atoms with Gasteiger partial charge in [0.1, 0.15) is 5.82 Å². The highest BCUT2D eigenvalue weighted by molar-refractivity contribution is 5.79. The minimum Gasteiger partial charge on any atom is -0.387 e. The van der Waals surface area contributed by atoms with E-state index in [1.54, 1.807) is 6.20 Å². The summed E-state index contributed by atoms with van der Waals surface area (Å²) in [6.07, 6.45) is 5.66. The number of amidine groups is 1. The molecule has 1 aliphatic rings. The molecule has 0 radical (unpaired) electrons. The monoisotopic (exact) mass is 164 g/mol. The predicted octanol–water partition coefficient (Wildman–Crippen LogP) is 0.381. The maximum Gasteiger partial charge on any atom is 0.108 e. The van der Waals surface area contributed by atoms with Crippen molar-refractivity contribution in [2.75, 3.05) is 0 Å². The average molecular weight is 164 g/mol. The number of imidazole rings is 1. The molecule has 0 aromatic carbocycles. The van der Waals surface area contributed by atoms with Crippen molar-refractivity contribution in [2.24, 2.45) is 11.7 Å². The highest BCUT2D eigenvalue weighted by atomic mass is 15.1. The summed E-state index contributed by atoms with van der Waals surface area (Å²) in [5, 5.41) is 7.33. The summed E-state index contributed by atoms with van der Waals surface area (Å²) in [4.78, 5) is 4.20. The van der Waals surface area contributed by atoms with Gasteiger partial charge in [0.05, 0.1) is 5.84 Å². The highest BCUT2D eigenvalue weighted by Gasteiger charge is 2.20. The van der Waals surface area contributed by atoms with Crippen LogP contribution in [0.5, 0.6) is 0 Å². The van der Waals surface area contributed by atoms with Gasteiger partial charge in [0.15, 0.2) is 0 Å². The van der Waals surface area contributed by atoms with E-state index in [-0.39, 0.29) is 5.92 Å². The van der Waals surface area contributed by atoms with Crippen LogP contribution >= 0.6 is 0 Å². The van der Waals surface area contributed by atoms with E-state index in [2.05, 4.69) is 9.55 Å². The molecule has 1 atom stereocenters. The largest absolute Gasteiger partial charge is 0.387 e. The third-order valence-corrected chi connectivity index (χ3v) is 2.38. The second-order valence-corrected chi connectivity index (χ2v) is 3.19. The molecule has 3 N–H and O–H groups in total. The molecular formula is C8H12N4. The minimum atomic E-state index is 0.215. The molecule has 1 aliphatic heterocycles. The van der Waals surface area contributed by atoms with E-state index in [0.29, 0.717) is 5.84 Å². The van der Waals surface area contributed by atoms with Crippen molar-refractivity contribution < 1.29 is 0 Å². The number of hydrogen-bond acceptors (Lipinski definition) is 2. The number of fused-ring (bicyclic) bond motifs is 1. The maximum absolute atomic E-state index is 7.33. The van der Waals surface area contributed by atoms with E-state index in [1.165, 1.54) is 0 Å². The zero-order chi connectivity index (χ0) is 8.55. The van der Waals surface area contributed by atoms with Crippen LogP contribution in [0.2, 0.25) is 0 Å². The van der Waals surface area contributed by atoms with Crippen molar-refractivity contribution in [1.82, 2.24) is 9.55 Å². The fourth-order valence-corrected chi connectivity index (χ4v) is 1.62. The summed E-state index contributed by atoms with van der Waals surface area (Å²) in [6.45, 7) is 0.824. The number of aromatic nitrogens is 2. The molecule has 0 bridgehead atoms. The van der Waals surface area contributed by atoms with Gasteiger partial charge >= 0.3 is 0 Å². The fourth-order valence-electron chi connectivity index (χ4n) is 1.62. The van der Waals surface area contributed by atoms with Gasteiger partial charge in [-0.05, 0) is 6.42 Å². The van der Waals surface area contributed by atoms with Gasteiger partial charge in [-0.2, -0.15) is 0 Å². The first-order valence-corrected chi connectivity index (χ1v) is 4.11. The Morgan fingerprint density at radius 1 is 1.75 bits per heavy atom. The molecule has 0 saturated heterocycles. The molecule has 0 saturated carbocycles. The van der Waals surface area contributed by atoms with Crippen LogP contribution in [0.25, 0.3) is 0 Å². The van der Waals surface area contributed by atoms with Crippen LogP contribution in [0.1, 0.15) is 12.2 Å². The summed E-state index contributed by atoms with van der Waals surface area (Å²) in [5.41, 5.74) is 5.44. The lowest BCUT2D eigenvalue weighted by Crippen LogP contribution is -2.30. The van der Waals surface area contributed by atoms with Crippen molar-refractivity contribution in [3.8, 4) is 0 Å². The smallest absolute Gasteiger partial charge is 0.108 e. The number of nitrogens with two attached hydrogens (primary N) is 1. The molecule has 0 spiro atoms. The maximum atomic E-state index is 7.33. The number of rotatable bonds is 1. The number of nitrogens with one attached hydrogen (secondary N) is 1. The van der Waals surface area contributed by atoms with Gasteiger partial charge in [0.2, 0.25) is 0 Å². The average Bonchev–Trinajstić information content (AvgIpc) is 2.49. The summed E-state index contributed by atoms with van der Waals surface area (Å²) in [5.74, 6) is 1.63. The molecule has 0 aliphatic carbocycles. The molecule has 64 valence electrons. The molecule has 2 heterocycles. The first-order chi connectivity index (χ1) is 5.77. The lowest BCUT2D eigenvalue weighted by Gasteiger charge is -2.22. The molecule has 0 amide bonds. The fraction of sp³-hybridized carbons (Fsp3) is 0.500. The van der Waals surface area contributed by atoms with Gasteiger partial charge in [-0.1, -0.05) is 0 Å². The second kappa shape index (κ2) is 2.62. The van der Waals surface area contributed by atoms with E-state index in [1.807, 2.05) is 6.20 Å². The minimum absolute atomic E-state index is 0.215. The third kappa shape index (κ3) is 1.09. The quantitative estimate of drug-likeness (QED) is 0.465. The molecule has 1 aromatic rings. The third-order valence-electron chi connectivity index (χ3n) is 2.38. The topological polar surface area (TPSA) is 67.7 Å². The zero-order valence-corrected chi connectivity index (χ0v) is 6.83. The van der Waals surface area contributed by atoms with Crippen molar-refractivity contribution in [3.05, 3.63) is 18.2 Å². The molecule has 0 fully saturated rings. The summed E-state index contributed by atoms with van der Waals surface area (Å²) >= 11 is 0.